The molecule has 1 saturated heterocycles. The Bertz CT molecular complexity index is 934. The minimum atomic E-state index is -0.374. The van der Waals surface area contributed by atoms with Crippen LogP contribution in [0.25, 0.3) is 0 Å². The van der Waals surface area contributed by atoms with Gasteiger partial charge in [0.2, 0.25) is 5.91 Å². The molecule has 9 heteroatoms. The van der Waals surface area contributed by atoms with Crippen LogP contribution in [0.3, 0.4) is 0 Å². The first kappa shape index (κ1) is 22.2. The van der Waals surface area contributed by atoms with Gasteiger partial charge in [-0.1, -0.05) is 18.0 Å². The van der Waals surface area contributed by atoms with Crippen molar-refractivity contribution in [3.63, 3.8) is 0 Å². The molecule has 7 nitrogen and oxygen atoms in total. The number of hydrogen-bond acceptors (Lipinski definition) is 6. The molecule has 1 aliphatic carbocycles. The average Bonchev–Trinajstić information content (AvgIpc) is 3.11. The summed E-state index contributed by atoms with van der Waals surface area (Å²) in [6.07, 6.45) is 6.46. The fraction of sp³-hybridized carbons (Fsp3) is 0.545. The van der Waals surface area contributed by atoms with Gasteiger partial charge in [-0.3, -0.25) is 9.59 Å². The smallest absolute Gasteiger partial charge is 0.278 e. The zero-order valence-electron chi connectivity index (χ0n) is 17.9. The Hall–Kier alpha value is -2.03. The van der Waals surface area contributed by atoms with E-state index in [1.807, 2.05) is 0 Å². The van der Waals surface area contributed by atoms with E-state index in [-0.39, 0.29) is 23.4 Å². The van der Waals surface area contributed by atoms with Gasteiger partial charge in [0, 0.05) is 24.1 Å². The van der Waals surface area contributed by atoms with Gasteiger partial charge in [0.05, 0.1) is 10.0 Å². The number of rotatable bonds is 6. The van der Waals surface area contributed by atoms with Crippen molar-refractivity contribution in [1.29, 1.82) is 0 Å². The van der Waals surface area contributed by atoms with Crippen LogP contribution >= 0.6 is 22.9 Å². The Morgan fingerprint density at radius 3 is 2.48 bits per heavy atom. The first-order valence-corrected chi connectivity index (χ1v) is 12.1. The monoisotopic (exact) mass is 461 g/mol. The number of amides is 2. The van der Waals surface area contributed by atoms with Gasteiger partial charge in [-0.05, 0) is 64.8 Å². The second-order valence-electron chi connectivity index (χ2n) is 8.57. The number of halogens is 1. The molecule has 0 bridgehead atoms. The van der Waals surface area contributed by atoms with Crippen molar-refractivity contribution >= 4 is 45.6 Å². The van der Waals surface area contributed by atoms with Crippen molar-refractivity contribution in [3.8, 4) is 0 Å². The molecule has 1 saturated carbocycles. The van der Waals surface area contributed by atoms with E-state index in [2.05, 4.69) is 39.3 Å². The highest BCUT2D eigenvalue weighted by atomic mass is 35.5. The normalized spacial score (nSPS) is 18.1. The Morgan fingerprint density at radius 2 is 1.90 bits per heavy atom. The van der Waals surface area contributed by atoms with Crippen LogP contribution in [0, 0.1) is 5.92 Å². The maximum atomic E-state index is 13.0. The number of nitrogens with one attached hydrogen (secondary N) is 2. The first-order valence-electron chi connectivity index (χ1n) is 10.9. The fourth-order valence-corrected chi connectivity index (χ4v) is 5.17. The van der Waals surface area contributed by atoms with Crippen molar-refractivity contribution in [2.45, 2.75) is 57.9 Å². The minimum absolute atomic E-state index is 0.0223. The van der Waals surface area contributed by atoms with E-state index >= 15 is 0 Å². The van der Waals surface area contributed by atoms with E-state index in [9.17, 15) is 9.59 Å². The average molecular weight is 462 g/mol. The summed E-state index contributed by atoms with van der Waals surface area (Å²) in [5.41, 5.74) is 0.261. The number of thiazole rings is 1. The van der Waals surface area contributed by atoms with Crippen LogP contribution in [0.2, 0.25) is 5.02 Å². The third-order valence-corrected chi connectivity index (χ3v) is 7.51. The maximum absolute atomic E-state index is 13.0. The van der Waals surface area contributed by atoms with Gasteiger partial charge in [0.15, 0.2) is 5.69 Å². The lowest BCUT2D eigenvalue weighted by Crippen LogP contribution is -2.41. The molecule has 2 amide bonds. The van der Waals surface area contributed by atoms with Crippen molar-refractivity contribution in [2.75, 3.05) is 23.7 Å². The van der Waals surface area contributed by atoms with Crippen molar-refractivity contribution < 1.29 is 9.59 Å². The van der Waals surface area contributed by atoms with Gasteiger partial charge < -0.3 is 15.5 Å². The zero-order chi connectivity index (χ0) is 22.0. The van der Waals surface area contributed by atoms with Gasteiger partial charge in [-0.2, -0.15) is 0 Å². The van der Waals surface area contributed by atoms with E-state index in [0.717, 1.165) is 43.8 Å². The maximum Gasteiger partial charge on any atom is 0.278 e. The minimum Gasteiger partial charge on any atom is -0.315 e. The summed E-state index contributed by atoms with van der Waals surface area (Å²) in [6, 6.07) is 3.80. The summed E-state index contributed by atoms with van der Waals surface area (Å²) in [7, 11) is 0. The van der Waals surface area contributed by atoms with E-state index in [1.165, 1.54) is 24.0 Å². The number of pyridine rings is 1. The van der Waals surface area contributed by atoms with Crippen LogP contribution in [-0.4, -0.2) is 45.8 Å². The molecule has 0 spiro atoms. The third-order valence-electron chi connectivity index (χ3n) is 6.15. The number of hydrogen-bond donors (Lipinski definition) is 2. The number of piperidine rings is 1. The van der Waals surface area contributed by atoms with Crippen LogP contribution in [0.5, 0.6) is 0 Å². The molecule has 31 heavy (non-hydrogen) atoms. The number of likely N-dealkylation sites (tertiary alicyclic amines) is 1. The van der Waals surface area contributed by atoms with Crippen LogP contribution in [0.15, 0.2) is 18.3 Å². The second kappa shape index (κ2) is 9.63. The van der Waals surface area contributed by atoms with Gasteiger partial charge >= 0.3 is 0 Å². The number of anilines is 2. The molecule has 0 unspecified atom stereocenters. The number of carbonyl (C=O) groups excluding carboxylic acids is 2. The van der Waals surface area contributed by atoms with Crippen LogP contribution < -0.4 is 10.6 Å². The lowest BCUT2D eigenvalue weighted by Gasteiger charge is -2.33. The highest BCUT2D eigenvalue weighted by Crippen LogP contribution is 2.41. The van der Waals surface area contributed by atoms with Gasteiger partial charge in [-0.15, -0.1) is 11.3 Å². The second-order valence-corrected chi connectivity index (χ2v) is 10.0. The molecular formula is C22H28ClN5O2S. The summed E-state index contributed by atoms with van der Waals surface area (Å²) in [5, 5.41) is 7.73. The van der Waals surface area contributed by atoms with Crippen molar-refractivity contribution in [1.82, 2.24) is 14.9 Å². The molecule has 2 aromatic rings. The summed E-state index contributed by atoms with van der Waals surface area (Å²) < 4.78 is 0. The molecule has 1 aliphatic heterocycles. The van der Waals surface area contributed by atoms with Gasteiger partial charge in [-0.25, -0.2) is 9.97 Å². The van der Waals surface area contributed by atoms with Crippen LogP contribution in [-0.2, 0) is 4.79 Å². The standard InChI is InChI=1S/C22H28ClN5O2S/c1-13(2)28-10-8-14(9-11-28)19(29)27-22-18(26-21(31-22)15-4-3-5-15)20(30)25-17-7-6-16(23)12-24-17/h6-7,12-15H,3-5,8-11H2,1-2H3,(H,27,29)(H,24,25,30). The fourth-order valence-electron chi connectivity index (χ4n) is 3.92. The molecule has 0 atom stereocenters. The molecule has 0 radical (unpaired) electrons. The molecule has 2 fully saturated rings. The number of carbonyl (C=O) groups is 2. The van der Waals surface area contributed by atoms with Crippen molar-refractivity contribution in [3.05, 3.63) is 34.1 Å². The highest BCUT2D eigenvalue weighted by molar-refractivity contribution is 7.16. The summed E-state index contributed by atoms with van der Waals surface area (Å²) in [4.78, 5) is 37.0. The molecule has 2 aliphatic rings. The van der Waals surface area contributed by atoms with E-state index in [1.54, 1.807) is 12.1 Å². The predicted molar refractivity (Wildman–Crippen MR) is 124 cm³/mol. The largest absolute Gasteiger partial charge is 0.315 e. The quantitative estimate of drug-likeness (QED) is 0.646. The van der Waals surface area contributed by atoms with Crippen LogP contribution in [0.4, 0.5) is 10.8 Å². The van der Waals surface area contributed by atoms with E-state index in [4.69, 9.17) is 11.6 Å². The summed E-state index contributed by atoms with van der Waals surface area (Å²) in [6.45, 7) is 6.20. The lowest BCUT2D eigenvalue weighted by atomic mass is 9.86. The zero-order valence-corrected chi connectivity index (χ0v) is 19.4. The SMILES string of the molecule is CC(C)N1CCC(C(=O)Nc2sc(C3CCC3)nc2C(=O)Nc2ccc(Cl)cn2)CC1. The molecule has 3 heterocycles. The Morgan fingerprint density at radius 1 is 1.16 bits per heavy atom. The van der Waals surface area contributed by atoms with Gasteiger partial charge in [0.1, 0.15) is 10.8 Å². The van der Waals surface area contributed by atoms with E-state index in [0.29, 0.717) is 27.8 Å². The Balaban J connectivity index is 1.48. The number of aromatic nitrogens is 2. The van der Waals surface area contributed by atoms with Crippen molar-refractivity contribution in [2.24, 2.45) is 5.92 Å². The molecule has 4 rings (SSSR count). The molecule has 166 valence electrons. The Labute approximate surface area is 191 Å². The third kappa shape index (κ3) is 5.25. The highest BCUT2D eigenvalue weighted by Gasteiger charge is 2.30. The first-order chi connectivity index (χ1) is 14.9. The Kier molecular flexibility index (Phi) is 6.89. The van der Waals surface area contributed by atoms with Gasteiger partial charge in [0.25, 0.3) is 5.91 Å². The topological polar surface area (TPSA) is 87.2 Å². The number of nitrogens with zero attached hydrogens (tertiary/aromatic N) is 3. The summed E-state index contributed by atoms with van der Waals surface area (Å²) in [5.74, 6) is 0.335. The predicted octanol–water partition coefficient (Wildman–Crippen LogP) is 4.77. The molecule has 2 N–H and O–H groups in total. The molecule has 0 aromatic carbocycles. The lowest BCUT2D eigenvalue weighted by molar-refractivity contribution is -0.121. The molecule has 2 aromatic heterocycles. The van der Waals surface area contributed by atoms with E-state index < -0.39 is 0 Å². The summed E-state index contributed by atoms with van der Waals surface area (Å²) >= 11 is 7.30. The molecular weight excluding hydrogens is 434 g/mol. The van der Waals surface area contributed by atoms with Crippen LogP contribution in [0.1, 0.15) is 67.4 Å².